The van der Waals surface area contributed by atoms with Gasteiger partial charge in [0, 0.05) is 36.4 Å². The molecule has 174 valence electrons. The van der Waals surface area contributed by atoms with E-state index in [0.29, 0.717) is 10.7 Å². The Morgan fingerprint density at radius 2 is 1.34 bits per heavy atom. The second kappa shape index (κ2) is 8.22. The van der Waals surface area contributed by atoms with Crippen LogP contribution >= 0.6 is 11.6 Å². The molecule has 2 aliphatic carbocycles. The van der Waals surface area contributed by atoms with Crippen LogP contribution in [0, 0.1) is 0 Å². The van der Waals surface area contributed by atoms with Crippen molar-refractivity contribution in [3.8, 4) is 0 Å². The minimum absolute atomic E-state index is 0.273. The summed E-state index contributed by atoms with van der Waals surface area (Å²) in [5.74, 6) is -1.56. The second-order valence-corrected chi connectivity index (χ2v) is 10.2. The molecule has 0 radical (unpaired) electrons. The molecule has 5 aliphatic rings. The first-order valence-electron chi connectivity index (χ1n) is 12.0. The van der Waals surface area contributed by atoms with Gasteiger partial charge in [0.1, 0.15) is 18.3 Å². The molecular formula is C24H30ClNO6. The number of benzene rings is 1. The van der Waals surface area contributed by atoms with E-state index in [1.807, 2.05) is 0 Å². The van der Waals surface area contributed by atoms with Gasteiger partial charge in [-0.25, -0.2) is 0 Å². The van der Waals surface area contributed by atoms with Crippen LogP contribution in [-0.2, 0) is 28.5 Å². The van der Waals surface area contributed by atoms with Crippen LogP contribution in [-0.4, -0.2) is 48.2 Å². The molecule has 0 unspecified atom stereocenters. The Morgan fingerprint density at radius 1 is 0.781 bits per heavy atom. The summed E-state index contributed by atoms with van der Waals surface area (Å²) in [5.41, 5.74) is 0.653. The standard InChI is InChI=1S/C24H30ClNO6/c25-15-7-9-16(10-8-15)26-21(27)19-17-18(30-23(29-17)11-3-1-4-12-23)20-22(28-19)32-24(31-20)13-5-2-6-14-24/h7-10,17-20,22H,1-6,11-14H2,(H,26,27)/t17-,18-,19+,20+,22+/m0/s1. The van der Waals surface area contributed by atoms with Crippen LogP contribution in [0.2, 0.25) is 5.02 Å². The van der Waals surface area contributed by atoms with Crippen LogP contribution in [0.1, 0.15) is 64.2 Å². The Labute approximate surface area is 193 Å². The first-order chi connectivity index (χ1) is 15.5. The van der Waals surface area contributed by atoms with Crippen molar-refractivity contribution in [2.24, 2.45) is 0 Å². The van der Waals surface area contributed by atoms with Crippen molar-refractivity contribution in [2.75, 3.05) is 5.32 Å². The van der Waals surface area contributed by atoms with Crippen molar-refractivity contribution in [1.29, 1.82) is 0 Å². The first-order valence-corrected chi connectivity index (χ1v) is 12.4. The predicted octanol–water partition coefficient (Wildman–Crippen LogP) is 4.52. The number of anilines is 1. The van der Waals surface area contributed by atoms with E-state index in [1.165, 1.54) is 12.8 Å². The minimum Gasteiger partial charge on any atom is -0.341 e. The number of nitrogens with one attached hydrogen (secondary N) is 1. The lowest BCUT2D eigenvalue weighted by Crippen LogP contribution is -2.58. The van der Waals surface area contributed by atoms with Gasteiger partial charge < -0.3 is 29.0 Å². The lowest BCUT2D eigenvalue weighted by molar-refractivity contribution is -0.246. The number of hydrogen-bond acceptors (Lipinski definition) is 6. The van der Waals surface area contributed by atoms with E-state index in [1.54, 1.807) is 24.3 Å². The van der Waals surface area contributed by atoms with Crippen molar-refractivity contribution in [3.63, 3.8) is 0 Å². The zero-order valence-electron chi connectivity index (χ0n) is 18.1. The van der Waals surface area contributed by atoms with E-state index in [4.69, 9.17) is 35.3 Å². The number of halogens is 1. The summed E-state index contributed by atoms with van der Waals surface area (Å²) in [6.45, 7) is 0. The molecule has 8 heteroatoms. The fourth-order valence-electron chi connectivity index (χ4n) is 5.92. The third kappa shape index (κ3) is 3.77. The fraction of sp³-hybridized carbons (Fsp3) is 0.708. The maximum Gasteiger partial charge on any atom is 0.256 e. The average Bonchev–Trinajstić information content (AvgIpc) is 3.33. The van der Waals surface area contributed by atoms with E-state index < -0.39 is 36.2 Å². The lowest BCUT2D eigenvalue weighted by Gasteiger charge is -2.36. The highest BCUT2D eigenvalue weighted by Gasteiger charge is 2.65. The zero-order valence-corrected chi connectivity index (χ0v) is 18.9. The van der Waals surface area contributed by atoms with Gasteiger partial charge in [-0.3, -0.25) is 4.79 Å². The topological polar surface area (TPSA) is 75.3 Å². The van der Waals surface area contributed by atoms with Gasteiger partial charge in [-0.05, 0) is 49.9 Å². The normalized spacial score (nSPS) is 37.2. The van der Waals surface area contributed by atoms with Crippen LogP contribution in [0.3, 0.4) is 0 Å². The van der Waals surface area contributed by atoms with Gasteiger partial charge in [0.25, 0.3) is 5.91 Å². The molecule has 3 heterocycles. The highest BCUT2D eigenvalue weighted by molar-refractivity contribution is 6.30. The number of ether oxygens (including phenoxy) is 5. The zero-order chi connectivity index (χ0) is 21.8. The molecule has 0 aromatic heterocycles. The van der Waals surface area contributed by atoms with Gasteiger partial charge in [0.15, 0.2) is 24.0 Å². The lowest BCUT2D eigenvalue weighted by atomic mass is 9.94. The van der Waals surface area contributed by atoms with Gasteiger partial charge in [0.2, 0.25) is 0 Å². The molecule has 3 saturated heterocycles. The van der Waals surface area contributed by atoms with E-state index >= 15 is 0 Å². The summed E-state index contributed by atoms with van der Waals surface area (Å²) in [6, 6.07) is 7.02. The molecule has 6 rings (SSSR count). The number of carbonyl (C=O) groups excluding carboxylic acids is 1. The monoisotopic (exact) mass is 463 g/mol. The number of rotatable bonds is 2. The maximum atomic E-state index is 13.3. The van der Waals surface area contributed by atoms with Crippen molar-refractivity contribution in [2.45, 2.75) is 106 Å². The van der Waals surface area contributed by atoms with Gasteiger partial charge in [-0.2, -0.15) is 0 Å². The molecule has 1 amide bonds. The van der Waals surface area contributed by atoms with Crippen LogP contribution in [0.5, 0.6) is 0 Å². The Kier molecular flexibility index (Phi) is 5.48. The molecule has 2 saturated carbocycles. The summed E-state index contributed by atoms with van der Waals surface area (Å²) in [6.07, 6.45) is 7.13. The van der Waals surface area contributed by atoms with E-state index in [9.17, 15) is 4.79 Å². The molecule has 1 aromatic rings. The summed E-state index contributed by atoms with van der Waals surface area (Å²) in [5, 5.41) is 3.55. The summed E-state index contributed by atoms with van der Waals surface area (Å²) in [4.78, 5) is 13.3. The molecule has 3 aliphatic heterocycles. The van der Waals surface area contributed by atoms with Gasteiger partial charge in [0.05, 0.1) is 0 Å². The molecule has 0 bridgehead atoms. The Bertz CT molecular complexity index is 851. The smallest absolute Gasteiger partial charge is 0.256 e. The van der Waals surface area contributed by atoms with Crippen molar-refractivity contribution >= 4 is 23.2 Å². The van der Waals surface area contributed by atoms with Crippen molar-refractivity contribution in [3.05, 3.63) is 29.3 Å². The number of fused-ring (bicyclic) bond motifs is 3. The third-order valence-electron chi connectivity index (χ3n) is 7.48. The van der Waals surface area contributed by atoms with Crippen LogP contribution < -0.4 is 5.32 Å². The molecule has 1 N–H and O–H groups in total. The van der Waals surface area contributed by atoms with E-state index in [-0.39, 0.29) is 12.0 Å². The van der Waals surface area contributed by atoms with Gasteiger partial charge in [-0.15, -0.1) is 0 Å². The highest BCUT2D eigenvalue weighted by Crippen LogP contribution is 2.51. The summed E-state index contributed by atoms with van der Waals surface area (Å²) < 4.78 is 32.2. The molecule has 7 nitrogen and oxygen atoms in total. The first kappa shape index (κ1) is 21.3. The molecular weight excluding hydrogens is 434 g/mol. The van der Waals surface area contributed by atoms with Crippen molar-refractivity contribution in [1.82, 2.24) is 0 Å². The van der Waals surface area contributed by atoms with Crippen LogP contribution in [0.15, 0.2) is 24.3 Å². The molecule has 1 aromatic carbocycles. The number of amides is 1. The van der Waals surface area contributed by atoms with E-state index in [2.05, 4.69) is 5.32 Å². The quantitative estimate of drug-likeness (QED) is 0.694. The summed E-state index contributed by atoms with van der Waals surface area (Å²) in [7, 11) is 0. The van der Waals surface area contributed by atoms with Gasteiger partial charge >= 0.3 is 0 Å². The Morgan fingerprint density at radius 3 is 2.00 bits per heavy atom. The SMILES string of the molecule is O=C(Nc1ccc(Cl)cc1)[C@@H]1O[C@@H]2OC3(CCCCC3)O[C@@H]2[C@H]2OC3(CCCCC3)O[C@@H]21. The Hall–Kier alpha value is -1.22. The van der Waals surface area contributed by atoms with Crippen molar-refractivity contribution < 1.29 is 28.5 Å². The maximum absolute atomic E-state index is 13.3. The average molecular weight is 464 g/mol. The highest BCUT2D eigenvalue weighted by atomic mass is 35.5. The fourth-order valence-corrected chi connectivity index (χ4v) is 6.04. The number of hydrogen-bond donors (Lipinski definition) is 1. The van der Waals surface area contributed by atoms with Crippen LogP contribution in [0.25, 0.3) is 0 Å². The number of carbonyl (C=O) groups is 1. The van der Waals surface area contributed by atoms with Gasteiger partial charge in [-0.1, -0.05) is 24.4 Å². The molecule has 2 spiro atoms. The molecule has 32 heavy (non-hydrogen) atoms. The third-order valence-corrected chi connectivity index (χ3v) is 7.73. The minimum atomic E-state index is -0.847. The predicted molar refractivity (Wildman–Crippen MR) is 116 cm³/mol. The molecule has 5 atom stereocenters. The second-order valence-electron chi connectivity index (χ2n) is 9.73. The van der Waals surface area contributed by atoms with Crippen LogP contribution in [0.4, 0.5) is 5.69 Å². The van der Waals surface area contributed by atoms with E-state index in [0.717, 1.165) is 51.4 Å². The Balaban J connectivity index is 1.27. The largest absolute Gasteiger partial charge is 0.341 e. The molecule has 5 fully saturated rings. The summed E-state index contributed by atoms with van der Waals surface area (Å²) >= 11 is 5.98.